The molecule has 0 bridgehead atoms. The van der Waals surface area contributed by atoms with Crippen LogP contribution in [0.15, 0.2) is 59.4 Å². The molecule has 3 aromatic rings. The summed E-state index contributed by atoms with van der Waals surface area (Å²) in [5, 5.41) is 0.735. The molecule has 2 aromatic carbocycles. The number of benzene rings is 2. The number of amides is 1. The lowest BCUT2D eigenvalue weighted by Crippen LogP contribution is -2.43. The van der Waals surface area contributed by atoms with Gasteiger partial charge in [-0.1, -0.05) is 30.3 Å². The van der Waals surface area contributed by atoms with Crippen LogP contribution in [0.4, 0.5) is 0 Å². The average molecular weight is 402 g/mol. The molecule has 2 aliphatic heterocycles. The van der Waals surface area contributed by atoms with Crippen LogP contribution in [0.25, 0.3) is 10.9 Å². The van der Waals surface area contributed by atoms with E-state index in [-0.39, 0.29) is 17.2 Å². The van der Waals surface area contributed by atoms with E-state index >= 15 is 0 Å². The number of hydrogen-bond donors (Lipinski definition) is 1. The molecular formula is C24H22N2O4. The zero-order valence-electron chi connectivity index (χ0n) is 16.5. The number of likely N-dealkylation sites (tertiary alicyclic amines) is 1. The molecule has 1 atom stereocenters. The third-order valence-electron chi connectivity index (χ3n) is 6.16. The number of aromatic nitrogens is 1. The number of H-pyrrole nitrogens is 1. The van der Waals surface area contributed by atoms with Crippen LogP contribution in [-0.4, -0.2) is 40.3 Å². The molecule has 6 heteroatoms. The number of pyridine rings is 1. The molecule has 5 rings (SSSR count). The lowest BCUT2D eigenvalue weighted by Gasteiger charge is -2.37. The van der Waals surface area contributed by atoms with Gasteiger partial charge in [0.1, 0.15) is 11.4 Å². The summed E-state index contributed by atoms with van der Waals surface area (Å²) in [5.74, 6) is 0.572. The van der Waals surface area contributed by atoms with Crippen molar-refractivity contribution >= 4 is 22.6 Å². The molecule has 1 spiro atoms. The Balaban J connectivity index is 1.41. The fraction of sp³-hybridized carbons (Fsp3) is 0.292. The monoisotopic (exact) mass is 402 g/mol. The van der Waals surface area contributed by atoms with Crippen molar-refractivity contribution in [1.82, 2.24) is 9.88 Å². The van der Waals surface area contributed by atoms with E-state index in [1.807, 2.05) is 36.4 Å². The van der Waals surface area contributed by atoms with Gasteiger partial charge in [-0.15, -0.1) is 0 Å². The van der Waals surface area contributed by atoms with E-state index < -0.39 is 5.60 Å². The average Bonchev–Trinajstić information content (AvgIpc) is 2.95. The highest BCUT2D eigenvalue weighted by atomic mass is 16.5. The van der Waals surface area contributed by atoms with Crippen LogP contribution in [0.2, 0.25) is 0 Å². The molecule has 1 N–H and O–H groups in total. The van der Waals surface area contributed by atoms with Gasteiger partial charge in [-0.25, -0.2) is 0 Å². The number of fused-ring (bicyclic) bond motifs is 2. The van der Waals surface area contributed by atoms with E-state index in [1.54, 1.807) is 17.0 Å². The molecule has 3 heterocycles. The zero-order chi connectivity index (χ0) is 20.7. The van der Waals surface area contributed by atoms with Crippen molar-refractivity contribution in [3.8, 4) is 5.75 Å². The van der Waals surface area contributed by atoms with Crippen LogP contribution in [-0.2, 0) is 0 Å². The number of nitrogens with zero attached hydrogens (tertiary/aromatic N) is 1. The van der Waals surface area contributed by atoms with E-state index in [9.17, 15) is 14.4 Å². The van der Waals surface area contributed by atoms with E-state index in [0.717, 1.165) is 11.8 Å². The summed E-state index contributed by atoms with van der Waals surface area (Å²) in [6.07, 6.45) is 2.37. The highest BCUT2D eigenvalue weighted by Gasteiger charge is 2.42. The van der Waals surface area contributed by atoms with Crippen molar-refractivity contribution in [1.29, 1.82) is 0 Å². The SMILES string of the molecule is O=C1CC2(CCCN(C(=O)c3cc(=O)[nH]c4ccccc34)CC2)Oc2ccccc21. The Hall–Kier alpha value is -3.41. The molecule has 0 radical (unpaired) electrons. The smallest absolute Gasteiger partial charge is 0.254 e. The molecule has 1 aromatic heterocycles. The molecule has 1 unspecified atom stereocenters. The number of ether oxygens (including phenoxy) is 1. The van der Waals surface area contributed by atoms with Crippen LogP contribution < -0.4 is 10.3 Å². The number of Topliss-reactive ketones (excluding diaryl/α,β-unsaturated/α-hetero) is 1. The lowest BCUT2D eigenvalue weighted by atomic mass is 9.84. The number of nitrogens with one attached hydrogen (secondary N) is 1. The molecule has 0 saturated carbocycles. The Morgan fingerprint density at radius 1 is 1.00 bits per heavy atom. The predicted molar refractivity (Wildman–Crippen MR) is 113 cm³/mol. The minimum Gasteiger partial charge on any atom is -0.486 e. The summed E-state index contributed by atoms with van der Waals surface area (Å²) >= 11 is 0. The normalized spacial score (nSPS) is 21.2. The number of carbonyl (C=O) groups is 2. The zero-order valence-corrected chi connectivity index (χ0v) is 16.5. The van der Waals surface area contributed by atoms with E-state index in [0.29, 0.717) is 54.7 Å². The van der Waals surface area contributed by atoms with Crippen molar-refractivity contribution < 1.29 is 14.3 Å². The molecule has 6 nitrogen and oxygen atoms in total. The van der Waals surface area contributed by atoms with Crippen LogP contribution in [0.5, 0.6) is 5.75 Å². The van der Waals surface area contributed by atoms with Crippen LogP contribution in [0.3, 0.4) is 0 Å². The predicted octanol–water partition coefficient (Wildman–Crippen LogP) is 3.56. The van der Waals surface area contributed by atoms with Crippen molar-refractivity contribution in [3.63, 3.8) is 0 Å². The van der Waals surface area contributed by atoms with Crippen molar-refractivity contribution in [3.05, 3.63) is 76.1 Å². The Morgan fingerprint density at radius 3 is 2.70 bits per heavy atom. The maximum Gasteiger partial charge on any atom is 0.254 e. The topological polar surface area (TPSA) is 79.5 Å². The highest BCUT2D eigenvalue weighted by Crippen LogP contribution is 2.39. The number of para-hydroxylation sites is 2. The van der Waals surface area contributed by atoms with Crippen LogP contribution in [0, 0.1) is 0 Å². The highest BCUT2D eigenvalue weighted by molar-refractivity contribution is 6.06. The lowest BCUT2D eigenvalue weighted by molar-refractivity contribution is 0.0300. The summed E-state index contributed by atoms with van der Waals surface area (Å²) in [6, 6.07) is 16.1. The largest absolute Gasteiger partial charge is 0.486 e. The Labute approximate surface area is 173 Å². The molecular weight excluding hydrogens is 380 g/mol. The minimum atomic E-state index is -0.573. The molecule has 1 saturated heterocycles. The van der Waals surface area contributed by atoms with Gasteiger partial charge in [0.25, 0.3) is 5.91 Å². The summed E-state index contributed by atoms with van der Waals surface area (Å²) < 4.78 is 6.32. The summed E-state index contributed by atoms with van der Waals surface area (Å²) in [5.41, 5.74) is 0.835. The Morgan fingerprint density at radius 2 is 1.80 bits per heavy atom. The van der Waals surface area contributed by atoms with Gasteiger partial charge in [0.05, 0.1) is 17.5 Å². The van der Waals surface area contributed by atoms with Gasteiger partial charge < -0.3 is 14.6 Å². The standard InChI is InChI=1S/C24H22N2O4/c27-20-15-24(30-21-9-4-2-7-17(20)21)10-5-12-26(13-11-24)23(29)18-14-22(28)25-19-8-3-1-6-16(18)19/h1-4,6-9,14H,5,10-13,15H2,(H,25,28). The molecule has 1 amide bonds. The molecule has 2 aliphatic rings. The quantitative estimate of drug-likeness (QED) is 0.675. The van der Waals surface area contributed by atoms with E-state index in [4.69, 9.17) is 4.74 Å². The van der Waals surface area contributed by atoms with Gasteiger partial charge in [0.2, 0.25) is 5.56 Å². The number of hydrogen-bond acceptors (Lipinski definition) is 4. The third-order valence-corrected chi connectivity index (χ3v) is 6.16. The Bertz CT molecular complexity index is 1220. The molecule has 0 aliphatic carbocycles. The first-order valence-corrected chi connectivity index (χ1v) is 10.3. The molecule has 152 valence electrons. The first-order chi connectivity index (χ1) is 14.5. The van der Waals surface area contributed by atoms with Gasteiger partial charge >= 0.3 is 0 Å². The fourth-order valence-corrected chi connectivity index (χ4v) is 4.64. The van der Waals surface area contributed by atoms with Gasteiger partial charge in [0.15, 0.2) is 5.78 Å². The summed E-state index contributed by atoms with van der Waals surface area (Å²) in [7, 11) is 0. The molecule has 1 fully saturated rings. The van der Waals surface area contributed by atoms with Crippen molar-refractivity contribution in [2.45, 2.75) is 31.3 Å². The Kier molecular flexibility index (Phi) is 4.42. The molecule has 30 heavy (non-hydrogen) atoms. The minimum absolute atomic E-state index is 0.0946. The van der Waals surface area contributed by atoms with Gasteiger partial charge in [-0.3, -0.25) is 14.4 Å². The number of rotatable bonds is 1. The fourth-order valence-electron chi connectivity index (χ4n) is 4.64. The maximum atomic E-state index is 13.3. The number of ketones is 1. The van der Waals surface area contributed by atoms with E-state index in [1.165, 1.54) is 6.07 Å². The first kappa shape index (κ1) is 18.6. The second kappa shape index (κ2) is 7.13. The summed E-state index contributed by atoms with van der Waals surface area (Å²) in [4.78, 5) is 42.6. The first-order valence-electron chi connectivity index (χ1n) is 10.3. The van der Waals surface area contributed by atoms with E-state index in [2.05, 4.69) is 4.98 Å². The second-order valence-electron chi connectivity index (χ2n) is 8.12. The van der Waals surface area contributed by atoms with Gasteiger partial charge in [-0.2, -0.15) is 0 Å². The van der Waals surface area contributed by atoms with Crippen LogP contribution >= 0.6 is 0 Å². The van der Waals surface area contributed by atoms with Crippen LogP contribution in [0.1, 0.15) is 46.4 Å². The third kappa shape index (κ3) is 3.18. The number of carbonyl (C=O) groups excluding carboxylic acids is 2. The van der Waals surface area contributed by atoms with Gasteiger partial charge in [0, 0.05) is 36.5 Å². The maximum absolute atomic E-state index is 13.3. The second-order valence-corrected chi connectivity index (χ2v) is 8.12. The van der Waals surface area contributed by atoms with Crippen molar-refractivity contribution in [2.24, 2.45) is 0 Å². The van der Waals surface area contributed by atoms with Gasteiger partial charge in [-0.05, 0) is 31.0 Å². The van der Waals surface area contributed by atoms with Crippen molar-refractivity contribution in [2.75, 3.05) is 13.1 Å². The number of aromatic amines is 1. The summed E-state index contributed by atoms with van der Waals surface area (Å²) in [6.45, 7) is 1.05.